The molecule has 0 aliphatic heterocycles. The van der Waals surface area contributed by atoms with Crippen LogP contribution in [0.2, 0.25) is 0 Å². The van der Waals surface area contributed by atoms with E-state index in [2.05, 4.69) is 5.32 Å². The first-order valence-electron chi connectivity index (χ1n) is 6.02. The van der Waals surface area contributed by atoms with Gasteiger partial charge in [-0.15, -0.1) is 0 Å². The van der Waals surface area contributed by atoms with E-state index in [1.165, 1.54) is 0 Å². The molecule has 0 saturated heterocycles. The quantitative estimate of drug-likeness (QED) is 0.891. The summed E-state index contributed by atoms with van der Waals surface area (Å²) >= 11 is 0. The van der Waals surface area contributed by atoms with Gasteiger partial charge in [-0.1, -0.05) is 30.3 Å². The number of alkyl carbamates (subject to hydrolysis) is 1. The normalized spacial score (nSPS) is 12.6. The van der Waals surface area contributed by atoms with Crippen molar-refractivity contribution in [1.82, 2.24) is 5.32 Å². The average Bonchev–Trinajstić information content (AvgIpc) is 2.26. The van der Waals surface area contributed by atoms with E-state index in [0.29, 0.717) is 5.56 Å². The molecular formula is C14H18NO4-. The third-order valence-electron chi connectivity index (χ3n) is 2.26. The maximum Gasteiger partial charge on any atom is 0.408 e. The molecule has 0 bridgehead atoms. The van der Waals surface area contributed by atoms with Gasteiger partial charge in [-0.05, 0) is 26.3 Å². The molecule has 0 aromatic heterocycles. The Bertz CT molecular complexity index is 437. The molecule has 0 unspecified atom stereocenters. The van der Waals surface area contributed by atoms with Crippen LogP contribution in [0, 0.1) is 0 Å². The van der Waals surface area contributed by atoms with E-state index >= 15 is 0 Å². The maximum atomic E-state index is 11.7. The number of carboxylic acids is 1. The van der Waals surface area contributed by atoms with Gasteiger partial charge in [0.2, 0.25) is 0 Å². The highest BCUT2D eigenvalue weighted by atomic mass is 16.6. The van der Waals surface area contributed by atoms with Crippen molar-refractivity contribution in [3.8, 4) is 0 Å². The Labute approximate surface area is 112 Å². The van der Waals surface area contributed by atoms with Crippen LogP contribution in [0.4, 0.5) is 4.79 Å². The fourth-order valence-corrected chi connectivity index (χ4v) is 1.55. The number of carbonyl (C=O) groups is 2. The Morgan fingerprint density at radius 2 is 1.84 bits per heavy atom. The molecule has 1 atom stereocenters. The minimum absolute atomic E-state index is 0.302. The Kier molecular flexibility index (Phi) is 4.92. The SMILES string of the molecule is CC(C)(C)OC(=O)N[C@H](CC(=O)[O-])c1ccccc1. The number of carbonyl (C=O) groups excluding carboxylic acids is 2. The fraction of sp³-hybridized carbons (Fsp3) is 0.429. The lowest BCUT2D eigenvalue weighted by Crippen LogP contribution is -2.37. The Hall–Kier alpha value is -2.04. The second kappa shape index (κ2) is 6.22. The summed E-state index contributed by atoms with van der Waals surface area (Å²) in [4.78, 5) is 22.4. The summed E-state index contributed by atoms with van der Waals surface area (Å²) in [5.74, 6) is -1.23. The third kappa shape index (κ3) is 5.90. The maximum absolute atomic E-state index is 11.7. The molecule has 5 nitrogen and oxygen atoms in total. The van der Waals surface area contributed by atoms with Crippen molar-refractivity contribution in [2.45, 2.75) is 38.8 Å². The van der Waals surface area contributed by atoms with Gasteiger partial charge in [0.15, 0.2) is 0 Å². The average molecular weight is 264 g/mol. The molecule has 1 N–H and O–H groups in total. The van der Waals surface area contributed by atoms with E-state index in [1.807, 2.05) is 6.07 Å². The van der Waals surface area contributed by atoms with Crippen molar-refractivity contribution in [3.05, 3.63) is 35.9 Å². The topological polar surface area (TPSA) is 78.5 Å². The van der Waals surface area contributed by atoms with Crippen LogP contribution in [0.15, 0.2) is 30.3 Å². The third-order valence-corrected chi connectivity index (χ3v) is 2.26. The highest BCUT2D eigenvalue weighted by molar-refractivity contribution is 5.71. The Balaban J connectivity index is 2.76. The van der Waals surface area contributed by atoms with E-state index in [0.717, 1.165) is 0 Å². The largest absolute Gasteiger partial charge is 0.550 e. The number of benzene rings is 1. The number of hydrogen-bond acceptors (Lipinski definition) is 4. The van der Waals surface area contributed by atoms with Crippen LogP contribution in [0.5, 0.6) is 0 Å². The van der Waals surface area contributed by atoms with E-state index < -0.39 is 23.7 Å². The van der Waals surface area contributed by atoms with Crippen LogP contribution in [-0.4, -0.2) is 17.7 Å². The number of hydrogen-bond donors (Lipinski definition) is 1. The number of ether oxygens (including phenoxy) is 1. The van der Waals surface area contributed by atoms with Crippen LogP contribution < -0.4 is 10.4 Å². The predicted octanol–water partition coefficient (Wildman–Crippen LogP) is 1.39. The number of rotatable bonds is 4. The van der Waals surface area contributed by atoms with Gasteiger partial charge >= 0.3 is 6.09 Å². The van der Waals surface area contributed by atoms with Crippen LogP contribution >= 0.6 is 0 Å². The molecule has 0 aliphatic carbocycles. The molecule has 19 heavy (non-hydrogen) atoms. The zero-order chi connectivity index (χ0) is 14.5. The summed E-state index contributed by atoms with van der Waals surface area (Å²) in [5, 5.41) is 13.3. The molecule has 1 amide bonds. The molecule has 1 rings (SSSR count). The monoisotopic (exact) mass is 264 g/mol. The summed E-state index contributed by atoms with van der Waals surface area (Å²) < 4.78 is 5.11. The molecule has 5 heteroatoms. The minimum Gasteiger partial charge on any atom is -0.550 e. The van der Waals surface area contributed by atoms with Gasteiger partial charge in [-0.2, -0.15) is 0 Å². The van der Waals surface area contributed by atoms with Gasteiger partial charge in [0.25, 0.3) is 0 Å². The van der Waals surface area contributed by atoms with Crippen molar-refractivity contribution >= 4 is 12.1 Å². The molecule has 1 aromatic rings. The zero-order valence-electron chi connectivity index (χ0n) is 11.3. The van der Waals surface area contributed by atoms with Gasteiger partial charge in [-0.25, -0.2) is 4.79 Å². The zero-order valence-corrected chi connectivity index (χ0v) is 11.3. The van der Waals surface area contributed by atoms with Gasteiger partial charge in [0.05, 0.1) is 6.04 Å². The van der Waals surface area contributed by atoms with Crippen molar-refractivity contribution in [1.29, 1.82) is 0 Å². The molecule has 0 saturated carbocycles. The number of nitrogens with one attached hydrogen (secondary N) is 1. The smallest absolute Gasteiger partial charge is 0.408 e. The van der Waals surface area contributed by atoms with Crippen molar-refractivity contribution in [2.24, 2.45) is 0 Å². The van der Waals surface area contributed by atoms with Crippen LogP contribution in [0.25, 0.3) is 0 Å². The van der Waals surface area contributed by atoms with E-state index in [-0.39, 0.29) is 6.42 Å². The summed E-state index contributed by atoms with van der Waals surface area (Å²) in [7, 11) is 0. The van der Waals surface area contributed by atoms with Crippen molar-refractivity contribution in [3.63, 3.8) is 0 Å². The predicted molar refractivity (Wildman–Crippen MR) is 68.2 cm³/mol. The van der Waals surface area contributed by atoms with Crippen molar-refractivity contribution in [2.75, 3.05) is 0 Å². The number of amides is 1. The second-order valence-electron chi connectivity index (χ2n) is 5.19. The lowest BCUT2D eigenvalue weighted by atomic mass is 10.0. The summed E-state index contributed by atoms with van der Waals surface area (Å²) in [5.41, 5.74) is 0.0600. The molecule has 1 aromatic carbocycles. The van der Waals surface area contributed by atoms with Crippen LogP contribution in [0.3, 0.4) is 0 Å². The summed E-state index contributed by atoms with van der Waals surface area (Å²) in [6, 6.07) is 8.17. The lowest BCUT2D eigenvalue weighted by Gasteiger charge is -2.24. The number of carboxylic acid groups (broad SMARTS) is 1. The molecule has 104 valence electrons. The fourth-order valence-electron chi connectivity index (χ4n) is 1.55. The highest BCUT2D eigenvalue weighted by Crippen LogP contribution is 2.17. The summed E-state index contributed by atoms with van der Waals surface area (Å²) in [6.45, 7) is 5.22. The Morgan fingerprint density at radius 3 is 2.32 bits per heavy atom. The first-order chi connectivity index (χ1) is 8.78. The number of aliphatic carboxylic acids is 1. The minimum atomic E-state index is -1.23. The first-order valence-corrected chi connectivity index (χ1v) is 6.02. The van der Waals surface area contributed by atoms with Crippen LogP contribution in [0.1, 0.15) is 38.8 Å². The lowest BCUT2D eigenvalue weighted by molar-refractivity contribution is -0.306. The van der Waals surface area contributed by atoms with Gasteiger partial charge in [0, 0.05) is 12.4 Å². The molecule has 0 aliphatic rings. The molecule has 0 spiro atoms. The molecule has 0 heterocycles. The van der Waals surface area contributed by atoms with Gasteiger partial charge < -0.3 is 20.0 Å². The molecular weight excluding hydrogens is 246 g/mol. The van der Waals surface area contributed by atoms with E-state index in [9.17, 15) is 14.7 Å². The van der Waals surface area contributed by atoms with Gasteiger partial charge in [-0.3, -0.25) is 0 Å². The highest BCUT2D eigenvalue weighted by Gasteiger charge is 2.20. The molecule has 0 fully saturated rings. The standard InChI is InChI=1S/C14H19NO4/c1-14(2,3)19-13(18)15-11(9-12(16)17)10-7-5-4-6-8-10/h4-8,11H,9H2,1-3H3,(H,15,18)(H,16,17)/p-1/t11-/m1/s1. The molecule has 0 radical (unpaired) electrons. The first kappa shape index (κ1) is 15.0. The van der Waals surface area contributed by atoms with E-state index in [1.54, 1.807) is 45.0 Å². The van der Waals surface area contributed by atoms with Crippen molar-refractivity contribution < 1.29 is 19.4 Å². The summed E-state index contributed by atoms with van der Waals surface area (Å²) in [6.07, 6.45) is -0.953. The second-order valence-corrected chi connectivity index (χ2v) is 5.19. The van der Waals surface area contributed by atoms with E-state index in [4.69, 9.17) is 4.74 Å². The van der Waals surface area contributed by atoms with Crippen LogP contribution in [-0.2, 0) is 9.53 Å². The Morgan fingerprint density at radius 1 is 1.26 bits per heavy atom. The van der Waals surface area contributed by atoms with Gasteiger partial charge in [0.1, 0.15) is 5.60 Å².